The number of nitrogens with one attached hydrogen (secondary N) is 1. The lowest BCUT2D eigenvalue weighted by Crippen LogP contribution is -2.25. The summed E-state index contributed by atoms with van der Waals surface area (Å²) in [6.45, 7) is 7.45. The molecule has 0 fully saturated rings. The summed E-state index contributed by atoms with van der Waals surface area (Å²) in [6, 6.07) is 10.2. The van der Waals surface area contributed by atoms with Crippen LogP contribution >= 0.6 is 28.1 Å². The fourth-order valence-corrected chi connectivity index (χ4v) is 2.86. The van der Waals surface area contributed by atoms with Gasteiger partial charge in [0.1, 0.15) is 10.5 Å². The zero-order valence-corrected chi connectivity index (χ0v) is 14.8. The van der Waals surface area contributed by atoms with Crippen LogP contribution in [0.15, 0.2) is 34.8 Å². The molecular weight excluding hydrogens is 346 g/mol. The van der Waals surface area contributed by atoms with Gasteiger partial charge in [0.05, 0.1) is 10.2 Å². The summed E-state index contributed by atoms with van der Waals surface area (Å²) >= 11 is 8.92. The van der Waals surface area contributed by atoms with Crippen LogP contribution in [-0.4, -0.2) is 34.5 Å². The van der Waals surface area contributed by atoms with Gasteiger partial charge in [-0.2, -0.15) is 0 Å². The molecule has 21 heavy (non-hydrogen) atoms. The van der Waals surface area contributed by atoms with Gasteiger partial charge >= 0.3 is 0 Å². The molecule has 1 aromatic carbocycles. The zero-order chi connectivity index (χ0) is 15.2. The van der Waals surface area contributed by atoms with Crippen LogP contribution < -0.4 is 0 Å². The predicted octanol–water partition coefficient (Wildman–Crippen LogP) is 4.45. The van der Waals surface area contributed by atoms with E-state index in [1.807, 2.05) is 18.2 Å². The maximum Gasteiger partial charge on any atom is 0.144 e. The Hall–Kier alpha value is -1.04. The van der Waals surface area contributed by atoms with E-state index >= 15 is 0 Å². The number of aromatic amines is 1. The first-order chi connectivity index (χ1) is 10.2. The molecule has 1 N–H and O–H groups in total. The number of hydrogen-bond donors (Lipinski definition) is 1. The number of nitrogens with zero attached hydrogens (tertiary/aromatic N) is 2. The van der Waals surface area contributed by atoms with Crippen LogP contribution in [0.4, 0.5) is 0 Å². The van der Waals surface area contributed by atoms with Crippen molar-refractivity contribution in [1.82, 2.24) is 14.9 Å². The second-order valence-electron chi connectivity index (χ2n) is 4.82. The molecule has 0 atom stereocenters. The van der Waals surface area contributed by atoms with E-state index in [9.17, 15) is 0 Å². The van der Waals surface area contributed by atoms with Crippen molar-refractivity contribution in [2.75, 3.05) is 19.6 Å². The number of halogens is 1. The molecule has 0 spiro atoms. The highest BCUT2D eigenvalue weighted by Gasteiger charge is 2.09. The molecule has 112 valence electrons. The number of rotatable bonds is 6. The molecule has 0 radical (unpaired) electrons. The molecule has 0 bridgehead atoms. The molecule has 2 aromatic rings. The molecule has 2 rings (SSSR count). The maximum atomic E-state index is 5.37. The van der Waals surface area contributed by atoms with E-state index in [1.54, 1.807) is 0 Å². The van der Waals surface area contributed by atoms with E-state index in [-0.39, 0.29) is 0 Å². The summed E-state index contributed by atoms with van der Waals surface area (Å²) in [5.74, 6) is 0.939. The molecule has 1 heterocycles. The Morgan fingerprint density at radius 2 is 1.86 bits per heavy atom. The van der Waals surface area contributed by atoms with Crippen molar-refractivity contribution in [2.24, 2.45) is 0 Å². The molecule has 0 saturated carbocycles. The van der Waals surface area contributed by atoms with Gasteiger partial charge in [-0.3, -0.25) is 0 Å². The molecule has 5 heteroatoms. The lowest BCUT2D eigenvalue weighted by Gasteiger charge is -2.17. The van der Waals surface area contributed by atoms with Gasteiger partial charge in [0.25, 0.3) is 0 Å². The van der Waals surface area contributed by atoms with Crippen molar-refractivity contribution in [2.45, 2.75) is 20.3 Å². The summed E-state index contributed by atoms with van der Waals surface area (Å²) in [7, 11) is 0. The highest BCUT2D eigenvalue weighted by Crippen LogP contribution is 2.26. The second kappa shape index (κ2) is 7.82. The van der Waals surface area contributed by atoms with Gasteiger partial charge in [0, 0.05) is 13.0 Å². The summed E-state index contributed by atoms with van der Waals surface area (Å²) in [6.07, 6.45) is 0.873. The fraction of sp³-hybridized carbons (Fsp3) is 0.375. The molecule has 0 amide bonds. The first-order valence-electron chi connectivity index (χ1n) is 7.22. The SMILES string of the molecule is CCN(CC)CCc1nc(=S)c(Br)c(-c2ccccc2)[nH]1. The van der Waals surface area contributed by atoms with E-state index in [2.05, 4.69) is 56.8 Å². The molecule has 0 saturated heterocycles. The normalized spacial score (nSPS) is 11.0. The molecular formula is C16H20BrN3S. The van der Waals surface area contributed by atoms with Crippen LogP contribution in [0.1, 0.15) is 19.7 Å². The Kier molecular flexibility index (Phi) is 6.08. The van der Waals surface area contributed by atoms with Gasteiger partial charge in [0.2, 0.25) is 0 Å². The van der Waals surface area contributed by atoms with Gasteiger partial charge in [-0.1, -0.05) is 56.4 Å². The van der Waals surface area contributed by atoms with Crippen LogP contribution in [-0.2, 0) is 6.42 Å². The Morgan fingerprint density at radius 1 is 1.19 bits per heavy atom. The molecule has 0 unspecified atom stereocenters. The zero-order valence-electron chi connectivity index (χ0n) is 12.4. The van der Waals surface area contributed by atoms with Gasteiger partial charge in [0.15, 0.2) is 0 Å². The maximum absolute atomic E-state index is 5.37. The monoisotopic (exact) mass is 365 g/mol. The van der Waals surface area contributed by atoms with Crippen molar-refractivity contribution >= 4 is 28.1 Å². The highest BCUT2D eigenvalue weighted by molar-refractivity contribution is 9.10. The predicted molar refractivity (Wildman–Crippen MR) is 94.0 cm³/mol. The second-order valence-corrected chi connectivity index (χ2v) is 6.00. The van der Waals surface area contributed by atoms with Crippen LogP contribution in [0, 0.1) is 4.64 Å². The standard InChI is InChI=1S/C16H20BrN3S/c1-3-20(4-2)11-10-13-18-15(14(17)16(21)19-13)12-8-6-5-7-9-12/h5-9H,3-4,10-11H2,1-2H3,(H,18,19,21). The van der Waals surface area contributed by atoms with Crippen LogP contribution in [0.5, 0.6) is 0 Å². The van der Waals surface area contributed by atoms with Gasteiger partial charge < -0.3 is 9.88 Å². The molecule has 0 aliphatic carbocycles. The van der Waals surface area contributed by atoms with E-state index in [1.165, 1.54) is 0 Å². The molecule has 1 aromatic heterocycles. The van der Waals surface area contributed by atoms with E-state index in [0.29, 0.717) is 4.64 Å². The van der Waals surface area contributed by atoms with Crippen molar-refractivity contribution in [3.8, 4) is 11.3 Å². The van der Waals surface area contributed by atoms with Crippen molar-refractivity contribution < 1.29 is 0 Å². The first kappa shape index (κ1) is 16.3. The fourth-order valence-electron chi connectivity index (χ4n) is 2.23. The van der Waals surface area contributed by atoms with Crippen LogP contribution in [0.25, 0.3) is 11.3 Å². The average molecular weight is 366 g/mol. The van der Waals surface area contributed by atoms with Crippen molar-refractivity contribution in [1.29, 1.82) is 0 Å². The third-order valence-corrected chi connectivity index (χ3v) is 4.86. The molecule has 3 nitrogen and oxygen atoms in total. The van der Waals surface area contributed by atoms with Gasteiger partial charge in [-0.25, -0.2) is 4.98 Å². The Labute approximate surface area is 139 Å². The van der Waals surface area contributed by atoms with Gasteiger partial charge in [-0.15, -0.1) is 0 Å². The topological polar surface area (TPSA) is 31.9 Å². The largest absolute Gasteiger partial charge is 0.342 e. The first-order valence-corrected chi connectivity index (χ1v) is 8.42. The van der Waals surface area contributed by atoms with Crippen molar-refractivity contribution in [3.63, 3.8) is 0 Å². The van der Waals surface area contributed by atoms with Crippen molar-refractivity contribution in [3.05, 3.63) is 45.3 Å². The van der Waals surface area contributed by atoms with Crippen LogP contribution in [0.3, 0.4) is 0 Å². The highest BCUT2D eigenvalue weighted by atomic mass is 79.9. The number of aromatic nitrogens is 2. The lowest BCUT2D eigenvalue weighted by molar-refractivity contribution is 0.305. The smallest absolute Gasteiger partial charge is 0.144 e. The third-order valence-electron chi connectivity index (χ3n) is 3.53. The Bertz CT molecular complexity index is 636. The van der Waals surface area contributed by atoms with E-state index in [4.69, 9.17) is 12.2 Å². The number of hydrogen-bond acceptors (Lipinski definition) is 3. The van der Waals surface area contributed by atoms with E-state index < -0.39 is 0 Å². The summed E-state index contributed by atoms with van der Waals surface area (Å²) in [4.78, 5) is 10.3. The summed E-state index contributed by atoms with van der Waals surface area (Å²) in [5.41, 5.74) is 2.12. The molecule has 0 aliphatic heterocycles. The van der Waals surface area contributed by atoms with Crippen LogP contribution in [0.2, 0.25) is 0 Å². The number of H-pyrrole nitrogens is 1. The number of benzene rings is 1. The van der Waals surface area contributed by atoms with Gasteiger partial charge in [-0.05, 0) is 34.6 Å². The minimum atomic E-state index is 0.613. The minimum Gasteiger partial charge on any atom is -0.342 e. The lowest BCUT2D eigenvalue weighted by atomic mass is 10.1. The Balaban J connectivity index is 2.29. The molecule has 0 aliphatic rings. The quantitative estimate of drug-likeness (QED) is 0.767. The Morgan fingerprint density at radius 3 is 2.48 bits per heavy atom. The summed E-state index contributed by atoms with van der Waals surface area (Å²) < 4.78 is 1.47. The minimum absolute atomic E-state index is 0.613. The summed E-state index contributed by atoms with van der Waals surface area (Å²) in [5, 5.41) is 0. The third kappa shape index (κ3) is 4.22. The number of likely N-dealkylation sites (N-methyl/N-ethyl adjacent to an activating group) is 1. The average Bonchev–Trinajstić information content (AvgIpc) is 2.52. The van der Waals surface area contributed by atoms with E-state index in [0.717, 1.165) is 47.6 Å².